The zero-order valence-electron chi connectivity index (χ0n) is 18.5. The average molecular weight is 500 g/mol. The molecule has 1 N–H and O–H groups in total. The van der Waals surface area contributed by atoms with E-state index in [9.17, 15) is 21.6 Å². The molecule has 3 aromatic rings. The third-order valence-electron chi connectivity index (χ3n) is 5.74. The van der Waals surface area contributed by atoms with Crippen molar-refractivity contribution in [2.45, 2.75) is 28.7 Å². The van der Waals surface area contributed by atoms with E-state index in [0.717, 1.165) is 0 Å². The number of hydrogen-bond donors (Lipinski definition) is 1. The van der Waals surface area contributed by atoms with Crippen LogP contribution in [0.4, 0.5) is 11.4 Å². The number of carbonyl (C=O) groups is 1. The molecule has 178 valence electrons. The van der Waals surface area contributed by atoms with Crippen LogP contribution in [0.5, 0.6) is 0 Å². The van der Waals surface area contributed by atoms with Crippen LogP contribution in [0, 0.1) is 0 Å². The first-order valence-electron chi connectivity index (χ1n) is 10.7. The van der Waals surface area contributed by atoms with Crippen molar-refractivity contribution >= 4 is 37.3 Å². The molecule has 0 saturated carbocycles. The molecule has 1 heterocycles. The van der Waals surface area contributed by atoms with Crippen LogP contribution >= 0.6 is 0 Å². The molecule has 1 fully saturated rings. The lowest BCUT2D eigenvalue weighted by Crippen LogP contribution is -2.43. The highest BCUT2D eigenvalue weighted by molar-refractivity contribution is 7.92. The van der Waals surface area contributed by atoms with Crippen LogP contribution in [0.15, 0.2) is 94.7 Å². The van der Waals surface area contributed by atoms with Crippen molar-refractivity contribution in [3.8, 4) is 0 Å². The minimum Gasteiger partial charge on any atom is -0.325 e. The fourth-order valence-corrected chi connectivity index (χ4v) is 6.83. The zero-order valence-corrected chi connectivity index (χ0v) is 20.2. The summed E-state index contributed by atoms with van der Waals surface area (Å²) in [5.74, 6) is -0.497. The van der Waals surface area contributed by atoms with Gasteiger partial charge >= 0.3 is 0 Å². The van der Waals surface area contributed by atoms with E-state index in [1.165, 1.54) is 46.0 Å². The maximum atomic E-state index is 13.1. The Morgan fingerprint density at radius 3 is 2.18 bits per heavy atom. The molecule has 3 aromatic carbocycles. The molecule has 0 aromatic heterocycles. The Bertz CT molecular complexity index is 1380. The molecule has 1 unspecified atom stereocenters. The third kappa shape index (κ3) is 4.70. The molecule has 0 bridgehead atoms. The van der Waals surface area contributed by atoms with Crippen molar-refractivity contribution < 1.29 is 21.6 Å². The maximum absolute atomic E-state index is 13.1. The number of amides is 1. The van der Waals surface area contributed by atoms with Crippen LogP contribution < -0.4 is 9.62 Å². The van der Waals surface area contributed by atoms with Crippen molar-refractivity contribution in [2.24, 2.45) is 0 Å². The second-order valence-electron chi connectivity index (χ2n) is 7.91. The second-order valence-corrected chi connectivity index (χ2v) is 11.8. The van der Waals surface area contributed by atoms with Gasteiger partial charge in [-0.3, -0.25) is 9.10 Å². The predicted octanol–water partition coefficient (Wildman–Crippen LogP) is 3.30. The minimum absolute atomic E-state index is 0.0110. The summed E-state index contributed by atoms with van der Waals surface area (Å²) < 4.78 is 54.7. The number of nitrogens with zero attached hydrogens (tertiary/aromatic N) is 2. The number of nitrogens with one attached hydrogen (secondary N) is 1. The van der Waals surface area contributed by atoms with Gasteiger partial charge < -0.3 is 5.32 Å². The van der Waals surface area contributed by atoms with Crippen molar-refractivity contribution in [1.82, 2.24) is 4.31 Å². The lowest BCUT2D eigenvalue weighted by Gasteiger charge is -2.23. The number of benzene rings is 3. The lowest BCUT2D eigenvalue weighted by molar-refractivity contribution is -0.119. The van der Waals surface area contributed by atoms with Gasteiger partial charge in [-0.1, -0.05) is 42.5 Å². The van der Waals surface area contributed by atoms with Crippen LogP contribution in [-0.4, -0.2) is 46.7 Å². The fourth-order valence-electron chi connectivity index (χ4n) is 3.91. The van der Waals surface area contributed by atoms with Gasteiger partial charge in [-0.15, -0.1) is 0 Å². The summed E-state index contributed by atoms with van der Waals surface area (Å²) in [4.78, 5) is 13.2. The first kappa shape index (κ1) is 23.9. The van der Waals surface area contributed by atoms with E-state index >= 15 is 0 Å². The van der Waals surface area contributed by atoms with Crippen molar-refractivity contribution in [1.29, 1.82) is 0 Å². The largest absolute Gasteiger partial charge is 0.325 e. The quantitative estimate of drug-likeness (QED) is 0.537. The number of para-hydroxylation sites is 1. The van der Waals surface area contributed by atoms with Gasteiger partial charge in [0.1, 0.15) is 6.04 Å². The Hall–Kier alpha value is -3.21. The summed E-state index contributed by atoms with van der Waals surface area (Å²) in [5, 5.41) is 2.70. The Morgan fingerprint density at radius 2 is 1.50 bits per heavy atom. The third-order valence-corrected chi connectivity index (χ3v) is 9.44. The van der Waals surface area contributed by atoms with Crippen LogP contribution in [-0.2, 0) is 24.8 Å². The molecule has 4 rings (SSSR count). The van der Waals surface area contributed by atoms with E-state index in [0.29, 0.717) is 18.5 Å². The first-order chi connectivity index (χ1) is 16.2. The normalized spacial score (nSPS) is 16.8. The highest BCUT2D eigenvalue weighted by Gasteiger charge is 2.39. The van der Waals surface area contributed by atoms with E-state index in [4.69, 9.17) is 0 Å². The van der Waals surface area contributed by atoms with Gasteiger partial charge in [0.2, 0.25) is 15.9 Å². The Morgan fingerprint density at radius 1 is 0.882 bits per heavy atom. The summed E-state index contributed by atoms with van der Waals surface area (Å²) >= 11 is 0. The molecular formula is C24H25N3O5S2. The van der Waals surface area contributed by atoms with E-state index in [1.807, 2.05) is 0 Å². The van der Waals surface area contributed by atoms with Crippen molar-refractivity contribution in [3.05, 3.63) is 84.9 Å². The van der Waals surface area contributed by atoms with Gasteiger partial charge in [-0.2, -0.15) is 4.31 Å². The first-order valence-corrected chi connectivity index (χ1v) is 13.6. The monoisotopic (exact) mass is 499 g/mol. The minimum atomic E-state index is -3.86. The van der Waals surface area contributed by atoms with Crippen LogP contribution in [0.1, 0.15) is 12.8 Å². The molecule has 0 aliphatic carbocycles. The standard InChI is InChI=1S/C24H25N3O5S2/c1-26(20-11-4-2-5-12-20)33(29,30)22-15-8-10-19(18-22)25-24(28)23-16-9-17-27(23)34(31,32)21-13-6-3-7-14-21/h2-8,10-15,18,23H,9,16-17H2,1H3,(H,25,28). The average Bonchev–Trinajstić information content (AvgIpc) is 3.36. The number of anilines is 2. The van der Waals surface area contributed by atoms with Gasteiger partial charge in [0.05, 0.1) is 15.5 Å². The summed E-state index contributed by atoms with van der Waals surface area (Å²) in [6, 6.07) is 21.7. The number of rotatable bonds is 7. The van der Waals surface area contributed by atoms with E-state index in [1.54, 1.807) is 54.6 Å². The highest BCUT2D eigenvalue weighted by atomic mass is 32.2. The molecule has 1 amide bonds. The SMILES string of the molecule is CN(c1ccccc1)S(=O)(=O)c1cccc(NC(=O)C2CCCN2S(=O)(=O)c2ccccc2)c1. The predicted molar refractivity (Wildman–Crippen MR) is 130 cm³/mol. The molecule has 1 saturated heterocycles. The number of hydrogen-bond acceptors (Lipinski definition) is 5. The van der Waals surface area contributed by atoms with Gasteiger partial charge in [-0.05, 0) is 55.3 Å². The topological polar surface area (TPSA) is 104 Å². The van der Waals surface area contributed by atoms with E-state index < -0.39 is 32.0 Å². The van der Waals surface area contributed by atoms with Crippen LogP contribution in [0.3, 0.4) is 0 Å². The van der Waals surface area contributed by atoms with Gasteiger partial charge in [0.25, 0.3) is 10.0 Å². The molecule has 1 aliphatic heterocycles. The van der Waals surface area contributed by atoms with E-state index in [-0.39, 0.29) is 22.0 Å². The van der Waals surface area contributed by atoms with Gasteiger partial charge in [0, 0.05) is 19.3 Å². The molecule has 0 radical (unpaired) electrons. The molecule has 0 spiro atoms. The summed E-state index contributed by atoms with van der Waals surface area (Å²) in [7, 11) is -6.23. The maximum Gasteiger partial charge on any atom is 0.264 e. The molecule has 8 nitrogen and oxygen atoms in total. The molecule has 10 heteroatoms. The zero-order chi connectivity index (χ0) is 24.3. The van der Waals surface area contributed by atoms with Crippen LogP contribution in [0.25, 0.3) is 0 Å². The highest BCUT2D eigenvalue weighted by Crippen LogP contribution is 2.28. The molecule has 1 aliphatic rings. The van der Waals surface area contributed by atoms with Crippen molar-refractivity contribution in [3.63, 3.8) is 0 Å². The Labute approximate surface area is 199 Å². The number of sulfonamides is 2. The van der Waals surface area contributed by atoms with Gasteiger partial charge in [-0.25, -0.2) is 16.8 Å². The van der Waals surface area contributed by atoms with Gasteiger partial charge in [0.15, 0.2) is 0 Å². The second kappa shape index (κ2) is 9.57. The summed E-state index contributed by atoms with van der Waals surface area (Å²) in [6.07, 6.45) is 0.938. The molecule has 34 heavy (non-hydrogen) atoms. The Balaban J connectivity index is 1.54. The number of carbonyl (C=O) groups excluding carboxylic acids is 1. The van der Waals surface area contributed by atoms with Crippen LogP contribution in [0.2, 0.25) is 0 Å². The molecular weight excluding hydrogens is 474 g/mol. The lowest BCUT2D eigenvalue weighted by atomic mass is 10.2. The van der Waals surface area contributed by atoms with Crippen molar-refractivity contribution in [2.75, 3.05) is 23.2 Å². The van der Waals surface area contributed by atoms with E-state index in [2.05, 4.69) is 5.32 Å². The molecule has 1 atom stereocenters. The summed E-state index contributed by atoms with van der Waals surface area (Å²) in [6.45, 7) is 0.242. The summed E-state index contributed by atoms with van der Waals surface area (Å²) in [5.41, 5.74) is 0.779. The smallest absolute Gasteiger partial charge is 0.264 e. The Kier molecular flexibility index (Phi) is 6.74. The fraction of sp³-hybridized carbons (Fsp3) is 0.208.